The van der Waals surface area contributed by atoms with Gasteiger partial charge in [0.15, 0.2) is 0 Å². The molecule has 3 aromatic rings. The molecule has 41 heavy (non-hydrogen) atoms. The Morgan fingerprint density at radius 2 is 1.61 bits per heavy atom. The third kappa shape index (κ3) is 8.17. The van der Waals surface area contributed by atoms with E-state index in [1.807, 2.05) is 48.5 Å². The third-order valence-electron chi connectivity index (χ3n) is 7.19. The van der Waals surface area contributed by atoms with Crippen LogP contribution in [0.25, 0.3) is 10.8 Å². The third-order valence-corrected chi connectivity index (χ3v) is 7.42. The Balaban J connectivity index is 1.37. The van der Waals surface area contributed by atoms with Crippen LogP contribution in [0.1, 0.15) is 35.2 Å². The van der Waals surface area contributed by atoms with Crippen LogP contribution in [0, 0.1) is 0 Å². The van der Waals surface area contributed by atoms with E-state index in [1.165, 1.54) is 6.08 Å². The number of nitrogens with zero attached hydrogens (tertiary/aromatic N) is 2. The van der Waals surface area contributed by atoms with E-state index in [9.17, 15) is 19.2 Å². The van der Waals surface area contributed by atoms with E-state index in [0.29, 0.717) is 62.6 Å². The lowest BCUT2D eigenvalue weighted by Gasteiger charge is -2.36. The topological polar surface area (TPSA) is 98.8 Å². The predicted octanol–water partition coefficient (Wildman–Crippen LogP) is 3.98. The Morgan fingerprint density at radius 1 is 0.902 bits per heavy atom. The van der Waals surface area contributed by atoms with Gasteiger partial charge in [-0.3, -0.25) is 19.2 Å². The summed E-state index contributed by atoms with van der Waals surface area (Å²) in [5.74, 6) is -0.739. The van der Waals surface area contributed by atoms with Gasteiger partial charge in [0.05, 0.1) is 6.42 Å². The van der Waals surface area contributed by atoms with Gasteiger partial charge in [-0.15, -0.1) is 0 Å². The van der Waals surface area contributed by atoms with Gasteiger partial charge in [-0.1, -0.05) is 66.7 Å². The highest BCUT2D eigenvalue weighted by atomic mass is 35.5. The zero-order chi connectivity index (χ0) is 29.2. The van der Waals surface area contributed by atoms with Crippen molar-refractivity contribution in [2.45, 2.75) is 31.7 Å². The smallest absolute Gasteiger partial charge is 0.254 e. The fourth-order valence-electron chi connectivity index (χ4n) is 5.02. The van der Waals surface area contributed by atoms with Crippen molar-refractivity contribution in [3.05, 3.63) is 95.5 Å². The summed E-state index contributed by atoms with van der Waals surface area (Å²) in [5, 5.41) is 8.10. The maximum absolute atomic E-state index is 13.6. The molecule has 4 amide bonds. The Labute approximate surface area is 245 Å². The second-order valence-corrected chi connectivity index (χ2v) is 10.5. The average molecular weight is 575 g/mol. The first-order valence-corrected chi connectivity index (χ1v) is 14.2. The van der Waals surface area contributed by atoms with E-state index in [4.69, 9.17) is 11.6 Å². The number of carbonyl (C=O) groups excluding carboxylic acids is 4. The van der Waals surface area contributed by atoms with Crippen molar-refractivity contribution < 1.29 is 19.2 Å². The minimum absolute atomic E-state index is 0.0538. The maximum atomic E-state index is 13.6. The largest absolute Gasteiger partial charge is 0.353 e. The zero-order valence-electron chi connectivity index (χ0n) is 23.0. The number of amides is 4. The molecule has 1 aliphatic heterocycles. The normalized spacial score (nSPS) is 13.9. The highest BCUT2D eigenvalue weighted by Crippen LogP contribution is 2.21. The average Bonchev–Trinajstić information content (AvgIpc) is 2.99. The molecule has 3 aromatic carbocycles. The Hall–Kier alpha value is -4.17. The lowest BCUT2D eigenvalue weighted by molar-refractivity contribution is -0.137. The SMILES string of the molecule is C=CC(=O)NCCCC[C@H](NC(=O)Cc1cccc(Cl)c1)C(=O)N1CCN(C(=O)c2cccc3ccccc23)CC1. The Kier molecular flexibility index (Phi) is 10.5. The summed E-state index contributed by atoms with van der Waals surface area (Å²) in [6.07, 6.45) is 3.03. The van der Waals surface area contributed by atoms with Crippen molar-refractivity contribution in [2.24, 2.45) is 0 Å². The number of hydrogen-bond acceptors (Lipinski definition) is 4. The van der Waals surface area contributed by atoms with Crippen molar-refractivity contribution in [3.63, 3.8) is 0 Å². The molecule has 1 fully saturated rings. The van der Waals surface area contributed by atoms with E-state index in [0.717, 1.165) is 16.3 Å². The number of rotatable bonds is 11. The summed E-state index contributed by atoms with van der Waals surface area (Å²) >= 11 is 6.06. The van der Waals surface area contributed by atoms with Crippen LogP contribution in [0.5, 0.6) is 0 Å². The van der Waals surface area contributed by atoms with E-state index in [2.05, 4.69) is 17.2 Å². The predicted molar refractivity (Wildman–Crippen MR) is 161 cm³/mol. The van der Waals surface area contributed by atoms with Gasteiger partial charge in [-0.2, -0.15) is 0 Å². The summed E-state index contributed by atoms with van der Waals surface area (Å²) in [7, 11) is 0. The van der Waals surface area contributed by atoms with Gasteiger partial charge in [0.2, 0.25) is 17.7 Å². The molecule has 0 spiro atoms. The summed E-state index contributed by atoms with van der Waals surface area (Å²) in [4.78, 5) is 54.8. The lowest BCUT2D eigenvalue weighted by Crippen LogP contribution is -2.56. The van der Waals surface area contributed by atoms with Crippen LogP contribution in [0.15, 0.2) is 79.4 Å². The number of piperazine rings is 1. The minimum atomic E-state index is -0.711. The molecule has 1 saturated heterocycles. The number of benzene rings is 3. The number of nitrogens with one attached hydrogen (secondary N) is 2. The minimum Gasteiger partial charge on any atom is -0.353 e. The Morgan fingerprint density at radius 3 is 2.37 bits per heavy atom. The van der Waals surface area contributed by atoms with Gasteiger partial charge in [0, 0.05) is 43.3 Å². The molecule has 9 heteroatoms. The van der Waals surface area contributed by atoms with E-state index >= 15 is 0 Å². The fraction of sp³-hybridized carbons (Fsp3) is 0.312. The van der Waals surface area contributed by atoms with Crippen molar-refractivity contribution in [1.82, 2.24) is 20.4 Å². The van der Waals surface area contributed by atoms with Crippen LogP contribution in [-0.2, 0) is 20.8 Å². The molecule has 1 atom stereocenters. The molecule has 2 N–H and O–H groups in total. The molecule has 0 unspecified atom stereocenters. The highest BCUT2D eigenvalue weighted by molar-refractivity contribution is 6.30. The van der Waals surface area contributed by atoms with Crippen LogP contribution in [0.3, 0.4) is 0 Å². The molecular weight excluding hydrogens is 540 g/mol. The second-order valence-electron chi connectivity index (χ2n) is 10.1. The van der Waals surface area contributed by atoms with Crippen molar-refractivity contribution in [2.75, 3.05) is 32.7 Å². The zero-order valence-corrected chi connectivity index (χ0v) is 23.7. The van der Waals surface area contributed by atoms with E-state index in [-0.39, 0.29) is 30.0 Å². The summed E-state index contributed by atoms with van der Waals surface area (Å²) < 4.78 is 0. The summed E-state index contributed by atoms with van der Waals surface area (Å²) in [6.45, 7) is 5.47. The quantitative estimate of drug-likeness (QED) is 0.267. The van der Waals surface area contributed by atoms with Crippen LogP contribution in [-0.4, -0.2) is 72.2 Å². The van der Waals surface area contributed by atoms with E-state index < -0.39 is 6.04 Å². The van der Waals surface area contributed by atoms with Crippen molar-refractivity contribution in [3.8, 4) is 0 Å². The number of hydrogen-bond donors (Lipinski definition) is 2. The van der Waals surface area contributed by atoms with Gasteiger partial charge >= 0.3 is 0 Å². The number of halogens is 1. The number of unbranched alkanes of at least 4 members (excludes halogenated alkanes) is 1. The highest BCUT2D eigenvalue weighted by Gasteiger charge is 2.30. The monoisotopic (exact) mass is 574 g/mol. The van der Waals surface area contributed by atoms with Gasteiger partial charge in [0.1, 0.15) is 6.04 Å². The molecule has 4 rings (SSSR count). The first-order valence-electron chi connectivity index (χ1n) is 13.9. The van der Waals surface area contributed by atoms with Gasteiger partial charge in [0.25, 0.3) is 5.91 Å². The number of fused-ring (bicyclic) bond motifs is 1. The molecule has 0 aromatic heterocycles. The van der Waals surface area contributed by atoms with Crippen LogP contribution in [0.2, 0.25) is 5.02 Å². The molecule has 0 aliphatic carbocycles. The molecule has 0 bridgehead atoms. The van der Waals surface area contributed by atoms with Crippen LogP contribution >= 0.6 is 11.6 Å². The molecular formula is C32H35ClN4O4. The first-order chi connectivity index (χ1) is 19.9. The van der Waals surface area contributed by atoms with Crippen LogP contribution < -0.4 is 10.6 Å². The van der Waals surface area contributed by atoms with Crippen LogP contribution in [0.4, 0.5) is 0 Å². The van der Waals surface area contributed by atoms with Gasteiger partial charge in [-0.25, -0.2) is 0 Å². The summed E-state index contributed by atoms with van der Waals surface area (Å²) in [5.41, 5.74) is 1.41. The Bertz CT molecular complexity index is 1410. The lowest BCUT2D eigenvalue weighted by atomic mass is 10.0. The first kappa shape index (κ1) is 29.8. The molecule has 0 radical (unpaired) electrons. The molecule has 214 valence electrons. The second kappa shape index (κ2) is 14.5. The van der Waals surface area contributed by atoms with Crippen molar-refractivity contribution in [1.29, 1.82) is 0 Å². The molecule has 0 saturated carbocycles. The van der Waals surface area contributed by atoms with Crippen molar-refractivity contribution >= 4 is 46.0 Å². The summed E-state index contributed by atoms with van der Waals surface area (Å²) in [6, 6.07) is 19.9. The maximum Gasteiger partial charge on any atom is 0.254 e. The van der Waals surface area contributed by atoms with Gasteiger partial charge < -0.3 is 20.4 Å². The standard InChI is InChI=1S/C32H35ClN4O4/c1-2-29(38)34-16-6-5-15-28(35-30(39)22-23-9-7-12-25(33)21-23)32(41)37-19-17-36(18-20-37)31(40)27-14-8-11-24-10-3-4-13-26(24)27/h2-4,7-14,21,28H,1,5-6,15-20,22H2,(H,34,38)(H,35,39)/t28-/m0/s1. The fourth-order valence-corrected chi connectivity index (χ4v) is 5.24. The number of carbonyl (C=O) groups is 4. The molecule has 8 nitrogen and oxygen atoms in total. The van der Waals surface area contributed by atoms with E-state index in [1.54, 1.807) is 28.0 Å². The molecule has 1 aliphatic rings. The molecule has 1 heterocycles. The van der Waals surface area contributed by atoms with Gasteiger partial charge in [-0.05, 0) is 59.9 Å².